The Hall–Kier alpha value is -1.51. The van der Waals surface area contributed by atoms with E-state index in [1.54, 1.807) is 0 Å². The van der Waals surface area contributed by atoms with Gasteiger partial charge in [-0.1, -0.05) is 33.3 Å². The van der Waals surface area contributed by atoms with Gasteiger partial charge in [-0.25, -0.2) is 0 Å². The van der Waals surface area contributed by atoms with Crippen LogP contribution in [0.3, 0.4) is 0 Å². The van der Waals surface area contributed by atoms with Crippen LogP contribution in [0.25, 0.3) is 0 Å². The predicted molar refractivity (Wildman–Crippen MR) is 85.0 cm³/mol. The number of hydrogen-bond donors (Lipinski definition) is 2. The van der Waals surface area contributed by atoms with Crippen LogP contribution in [0.1, 0.15) is 46.5 Å². The summed E-state index contributed by atoms with van der Waals surface area (Å²) in [7, 11) is 0. The lowest BCUT2D eigenvalue weighted by Crippen LogP contribution is -2.18. The van der Waals surface area contributed by atoms with Crippen LogP contribution >= 0.6 is 0 Å². The molecule has 1 amide bonds. The fraction of sp³-hybridized carbons (Fsp3) is 0.588. The van der Waals surface area contributed by atoms with E-state index in [1.807, 2.05) is 32.0 Å². The summed E-state index contributed by atoms with van der Waals surface area (Å²) in [5.74, 6) is 0.942. The molecule has 3 nitrogen and oxygen atoms in total. The zero-order chi connectivity index (χ0) is 14.5. The summed E-state index contributed by atoms with van der Waals surface area (Å²) in [6.07, 6.45) is 5.13. The van der Waals surface area contributed by atoms with E-state index in [0.717, 1.165) is 17.3 Å². The first kappa shape index (κ1) is 14.9. The maximum Gasteiger partial charge on any atom is 0.226 e. The molecule has 1 saturated carbocycles. The van der Waals surface area contributed by atoms with E-state index in [1.165, 1.54) is 25.7 Å². The molecule has 110 valence electrons. The van der Waals surface area contributed by atoms with Gasteiger partial charge in [0.2, 0.25) is 5.91 Å². The molecule has 0 aliphatic heterocycles. The van der Waals surface area contributed by atoms with Gasteiger partial charge >= 0.3 is 0 Å². The molecule has 1 aliphatic rings. The standard InChI is InChI=1S/C17H26N2O/c1-4-13-8-9-16(10-13)18-14-6-5-7-15(11-14)19-17(20)12(2)3/h5-7,11-13,16,18H,4,8-10H2,1-3H3,(H,19,20). The van der Waals surface area contributed by atoms with Gasteiger partial charge in [-0.05, 0) is 43.4 Å². The van der Waals surface area contributed by atoms with Crippen LogP contribution in [0.2, 0.25) is 0 Å². The van der Waals surface area contributed by atoms with Gasteiger partial charge in [0.15, 0.2) is 0 Å². The number of carbonyl (C=O) groups is 1. The number of amides is 1. The lowest BCUT2D eigenvalue weighted by Gasteiger charge is -2.16. The lowest BCUT2D eigenvalue weighted by atomic mass is 10.1. The third kappa shape index (κ3) is 3.99. The zero-order valence-corrected chi connectivity index (χ0v) is 12.8. The Bertz CT molecular complexity index is 456. The zero-order valence-electron chi connectivity index (χ0n) is 12.8. The Morgan fingerprint density at radius 2 is 2.05 bits per heavy atom. The van der Waals surface area contributed by atoms with E-state index >= 15 is 0 Å². The predicted octanol–water partition coefficient (Wildman–Crippen LogP) is 4.27. The van der Waals surface area contributed by atoms with Gasteiger partial charge in [0.05, 0.1) is 0 Å². The molecular formula is C17H26N2O. The summed E-state index contributed by atoms with van der Waals surface area (Å²) in [4.78, 5) is 11.7. The van der Waals surface area contributed by atoms with Crippen molar-refractivity contribution in [2.24, 2.45) is 11.8 Å². The monoisotopic (exact) mass is 274 g/mol. The molecular weight excluding hydrogens is 248 g/mol. The first-order chi connectivity index (χ1) is 9.58. The molecule has 1 aromatic carbocycles. The highest BCUT2D eigenvalue weighted by molar-refractivity contribution is 5.92. The number of hydrogen-bond acceptors (Lipinski definition) is 2. The normalized spacial score (nSPS) is 22.0. The minimum atomic E-state index is 0.00626. The number of benzene rings is 1. The Morgan fingerprint density at radius 1 is 1.30 bits per heavy atom. The summed E-state index contributed by atoms with van der Waals surface area (Å²) >= 11 is 0. The summed E-state index contributed by atoms with van der Waals surface area (Å²) in [6.45, 7) is 6.08. The van der Waals surface area contributed by atoms with Crippen molar-refractivity contribution in [3.8, 4) is 0 Å². The SMILES string of the molecule is CCC1CCC(Nc2cccc(NC(=O)C(C)C)c2)C1. The smallest absolute Gasteiger partial charge is 0.226 e. The molecule has 2 unspecified atom stereocenters. The minimum absolute atomic E-state index is 0.00626. The Balaban J connectivity index is 1.94. The van der Waals surface area contributed by atoms with Gasteiger partial charge in [0, 0.05) is 23.3 Å². The molecule has 1 aliphatic carbocycles. The van der Waals surface area contributed by atoms with Crippen molar-refractivity contribution in [1.82, 2.24) is 0 Å². The third-order valence-corrected chi connectivity index (χ3v) is 4.14. The molecule has 2 atom stereocenters. The molecule has 1 fully saturated rings. The van der Waals surface area contributed by atoms with E-state index in [4.69, 9.17) is 0 Å². The maximum absolute atomic E-state index is 11.7. The first-order valence-electron chi connectivity index (χ1n) is 7.76. The average molecular weight is 274 g/mol. The lowest BCUT2D eigenvalue weighted by molar-refractivity contribution is -0.118. The van der Waals surface area contributed by atoms with E-state index in [2.05, 4.69) is 23.6 Å². The minimum Gasteiger partial charge on any atom is -0.382 e. The highest BCUT2D eigenvalue weighted by Gasteiger charge is 2.22. The molecule has 0 aromatic heterocycles. The molecule has 3 heteroatoms. The van der Waals surface area contributed by atoms with Gasteiger partial charge in [0.1, 0.15) is 0 Å². The van der Waals surface area contributed by atoms with Crippen LogP contribution in [-0.4, -0.2) is 11.9 Å². The highest BCUT2D eigenvalue weighted by Crippen LogP contribution is 2.30. The number of nitrogens with one attached hydrogen (secondary N) is 2. The van der Waals surface area contributed by atoms with Crippen LogP contribution in [-0.2, 0) is 4.79 Å². The summed E-state index contributed by atoms with van der Waals surface area (Å²) in [6, 6.07) is 8.61. The summed E-state index contributed by atoms with van der Waals surface area (Å²) in [5.41, 5.74) is 1.98. The second-order valence-corrected chi connectivity index (χ2v) is 6.15. The Kier molecular flexibility index (Phi) is 5.05. The van der Waals surface area contributed by atoms with Crippen molar-refractivity contribution in [1.29, 1.82) is 0 Å². The van der Waals surface area contributed by atoms with E-state index in [0.29, 0.717) is 6.04 Å². The fourth-order valence-electron chi connectivity index (χ4n) is 2.79. The van der Waals surface area contributed by atoms with Crippen molar-refractivity contribution < 1.29 is 4.79 Å². The second kappa shape index (κ2) is 6.78. The molecule has 0 radical (unpaired) electrons. The van der Waals surface area contributed by atoms with Crippen molar-refractivity contribution in [3.05, 3.63) is 24.3 Å². The second-order valence-electron chi connectivity index (χ2n) is 6.15. The van der Waals surface area contributed by atoms with E-state index < -0.39 is 0 Å². The topological polar surface area (TPSA) is 41.1 Å². The van der Waals surface area contributed by atoms with Crippen molar-refractivity contribution in [3.63, 3.8) is 0 Å². The largest absolute Gasteiger partial charge is 0.382 e. The molecule has 0 heterocycles. The first-order valence-corrected chi connectivity index (χ1v) is 7.76. The highest BCUT2D eigenvalue weighted by atomic mass is 16.1. The molecule has 20 heavy (non-hydrogen) atoms. The van der Waals surface area contributed by atoms with Crippen LogP contribution in [0.15, 0.2) is 24.3 Å². The van der Waals surface area contributed by atoms with Crippen LogP contribution < -0.4 is 10.6 Å². The van der Waals surface area contributed by atoms with Crippen LogP contribution in [0, 0.1) is 11.8 Å². The van der Waals surface area contributed by atoms with Gasteiger partial charge in [-0.15, -0.1) is 0 Å². The molecule has 1 aromatic rings. The number of rotatable bonds is 5. The molecule has 0 spiro atoms. The van der Waals surface area contributed by atoms with Crippen molar-refractivity contribution in [2.45, 2.75) is 52.5 Å². The molecule has 0 bridgehead atoms. The maximum atomic E-state index is 11.7. The third-order valence-electron chi connectivity index (χ3n) is 4.14. The van der Waals surface area contributed by atoms with Gasteiger partial charge in [-0.2, -0.15) is 0 Å². The number of anilines is 2. The van der Waals surface area contributed by atoms with Gasteiger partial charge < -0.3 is 10.6 Å². The fourth-order valence-corrected chi connectivity index (χ4v) is 2.79. The average Bonchev–Trinajstić information content (AvgIpc) is 2.86. The van der Waals surface area contributed by atoms with Gasteiger partial charge in [0.25, 0.3) is 0 Å². The van der Waals surface area contributed by atoms with Crippen molar-refractivity contribution in [2.75, 3.05) is 10.6 Å². The summed E-state index contributed by atoms with van der Waals surface area (Å²) < 4.78 is 0. The summed E-state index contributed by atoms with van der Waals surface area (Å²) in [5, 5.41) is 6.54. The van der Waals surface area contributed by atoms with Crippen LogP contribution in [0.4, 0.5) is 11.4 Å². The molecule has 2 rings (SSSR count). The van der Waals surface area contributed by atoms with E-state index in [-0.39, 0.29) is 11.8 Å². The molecule has 0 saturated heterocycles. The molecule has 2 N–H and O–H groups in total. The number of carbonyl (C=O) groups excluding carboxylic acids is 1. The van der Waals surface area contributed by atoms with E-state index in [9.17, 15) is 4.79 Å². The van der Waals surface area contributed by atoms with Crippen LogP contribution in [0.5, 0.6) is 0 Å². The Labute approximate surface area is 122 Å². The van der Waals surface area contributed by atoms with Crippen molar-refractivity contribution >= 4 is 17.3 Å². The Morgan fingerprint density at radius 3 is 2.70 bits per heavy atom. The quantitative estimate of drug-likeness (QED) is 0.841. The van der Waals surface area contributed by atoms with Gasteiger partial charge in [-0.3, -0.25) is 4.79 Å².